The van der Waals surface area contributed by atoms with Crippen LogP contribution in [0.1, 0.15) is 30.8 Å². The van der Waals surface area contributed by atoms with Crippen molar-refractivity contribution < 1.29 is 0 Å². The molecule has 0 aliphatic carbocycles. The summed E-state index contributed by atoms with van der Waals surface area (Å²) in [4.78, 5) is 31.2. The van der Waals surface area contributed by atoms with Crippen LogP contribution in [0, 0.1) is 26.7 Å². The summed E-state index contributed by atoms with van der Waals surface area (Å²) in [6, 6.07) is 0. The van der Waals surface area contributed by atoms with Crippen LogP contribution in [0.5, 0.6) is 0 Å². The van der Waals surface area contributed by atoms with Gasteiger partial charge in [-0.05, 0) is 32.3 Å². The van der Waals surface area contributed by atoms with Gasteiger partial charge in [0.1, 0.15) is 0 Å². The van der Waals surface area contributed by atoms with Gasteiger partial charge in [-0.2, -0.15) is 10.1 Å². The van der Waals surface area contributed by atoms with Crippen LogP contribution in [0.3, 0.4) is 0 Å². The molecule has 0 aliphatic heterocycles. The molecule has 0 atom stereocenters. The van der Waals surface area contributed by atoms with Crippen molar-refractivity contribution >= 4 is 11.2 Å². The lowest BCUT2D eigenvalue weighted by Crippen LogP contribution is -2.29. The first kappa shape index (κ1) is 16.2. The number of nitrogens with zero attached hydrogens (tertiary/aromatic N) is 5. The van der Waals surface area contributed by atoms with Crippen molar-refractivity contribution in [3.63, 3.8) is 0 Å². The highest BCUT2D eigenvalue weighted by molar-refractivity contribution is 5.72. The molecule has 3 aromatic rings. The van der Waals surface area contributed by atoms with Gasteiger partial charge in [-0.25, -0.2) is 9.48 Å². The zero-order valence-corrected chi connectivity index (χ0v) is 14.8. The Morgan fingerprint density at radius 1 is 1.17 bits per heavy atom. The quantitative estimate of drug-likeness (QED) is 0.781. The third-order valence-electron chi connectivity index (χ3n) is 4.38. The van der Waals surface area contributed by atoms with Gasteiger partial charge >= 0.3 is 5.69 Å². The number of H-pyrrole nitrogens is 1. The summed E-state index contributed by atoms with van der Waals surface area (Å²) in [6.07, 6.45) is 0. The van der Waals surface area contributed by atoms with Gasteiger partial charge in [0.15, 0.2) is 11.2 Å². The monoisotopic (exact) mass is 330 g/mol. The Kier molecular flexibility index (Phi) is 3.70. The topological polar surface area (TPSA) is 90.5 Å². The highest BCUT2D eigenvalue weighted by Crippen LogP contribution is 2.20. The van der Waals surface area contributed by atoms with E-state index in [2.05, 4.69) is 28.9 Å². The molecule has 1 N–H and O–H groups in total. The van der Waals surface area contributed by atoms with E-state index in [0.29, 0.717) is 29.6 Å². The molecular weight excluding hydrogens is 308 g/mol. The predicted octanol–water partition coefficient (Wildman–Crippen LogP) is 1.19. The lowest BCUT2D eigenvalue weighted by atomic mass is 10.2. The van der Waals surface area contributed by atoms with Crippen LogP contribution in [0.15, 0.2) is 9.59 Å². The van der Waals surface area contributed by atoms with E-state index in [1.165, 1.54) is 4.57 Å². The minimum absolute atomic E-state index is 0.302. The summed E-state index contributed by atoms with van der Waals surface area (Å²) in [5.41, 5.74) is 2.83. The third-order valence-corrected chi connectivity index (χ3v) is 4.38. The van der Waals surface area contributed by atoms with Crippen LogP contribution in [-0.4, -0.2) is 28.9 Å². The molecule has 0 unspecified atom stereocenters. The molecule has 0 amide bonds. The molecule has 0 saturated carbocycles. The molecule has 0 aliphatic rings. The molecule has 8 nitrogen and oxygen atoms in total. The van der Waals surface area contributed by atoms with Gasteiger partial charge in [0.25, 0.3) is 5.56 Å². The van der Waals surface area contributed by atoms with Crippen LogP contribution in [-0.2, 0) is 13.6 Å². The molecule has 0 fully saturated rings. The number of hydrogen-bond acceptors (Lipinski definition) is 4. The summed E-state index contributed by atoms with van der Waals surface area (Å²) in [6.45, 7) is 10.7. The molecule has 0 saturated heterocycles. The van der Waals surface area contributed by atoms with E-state index < -0.39 is 11.2 Å². The van der Waals surface area contributed by atoms with Crippen molar-refractivity contribution in [2.45, 2.75) is 41.2 Å². The van der Waals surface area contributed by atoms with E-state index in [1.807, 2.05) is 25.3 Å². The van der Waals surface area contributed by atoms with Crippen molar-refractivity contribution in [2.75, 3.05) is 0 Å². The SMILES string of the molecule is Cc1nn(-c2nc3c(c(=O)[nH]c(=O)n3C)n2CC(C)C)c(C)c1C. The molecule has 8 heteroatoms. The fraction of sp³-hybridized carbons (Fsp3) is 0.500. The fourth-order valence-electron chi connectivity index (χ4n) is 2.84. The van der Waals surface area contributed by atoms with E-state index in [-0.39, 0.29) is 0 Å². The lowest BCUT2D eigenvalue weighted by molar-refractivity contribution is 0.518. The zero-order valence-electron chi connectivity index (χ0n) is 14.8. The van der Waals surface area contributed by atoms with Crippen molar-refractivity contribution in [2.24, 2.45) is 13.0 Å². The number of fused-ring (bicyclic) bond motifs is 1. The molecule has 3 rings (SSSR count). The first-order valence-electron chi connectivity index (χ1n) is 7.95. The van der Waals surface area contributed by atoms with E-state index in [0.717, 1.165) is 17.0 Å². The maximum Gasteiger partial charge on any atom is 0.329 e. The summed E-state index contributed by atoms with van der Waals surface area (Å²) in [5.74, 6) is 0.856. The van der Waals surface area contributed by atoms with E-state index in [1.54, 1.807) is 11.7 Å². The largest absolute Gasteiger partial charge is 0.329 e. The second-order valence-electron chi connectivity index (χ2n) is 6.61. The molecule has 128 valence electrons. The number of aromatic amines is 1. The predicted molar refractivity (Wildman–Crippen MR) is 91.8 cm³/mol. The highest BCUT2D eigenvalue weighted by atomic mass is 16.2. The number of imidazole rings is 1. The normalized spacial score (nSPS) is 11.8. The van der Waals surface area contributed by atoms with Crippen LogP contribution < -0.4 is 11.2 Å². The van der Waals surface area contributed by atoms with E-state index in [4.69, 9.17) is 0 Å². The smallest absolute Gasteiger partial charge is 0.302 e. The minimum atomic E-state index is -0.474. The van der Waals surface area contributed by atoms with Crippen LogP contribution in [0.25, 0.3) is 17.1 Å². The average molecular weight is 330 g/mol. The molecule has 24 heavy (non-hydrogen) atoms. The van der Waals surface area contributed by atoms with Gasteiger partial charge < -0.3 is 4.57 Å². The first-order chi connectivity index (χ1) is 11.2. The average Bonchev–Trinajstić information content (AvgIpc) is 2.98. The van der Waals surface area contributed by atoms with Gasteiger partial charge in [0.05, 0.1) is 5.69 Å². The van der Waals surface area contributed by atoms with Crippen molar-refractivity contribution in [3.8, 4) is 5.95 Å². The molecule has 0 spiro atoms. The molecule has 3 heterocycles. The molecular formula is C16H22N6O2. The maximum absolute atomic E-state index is 12.4. The number of hydrogen-bond donors (Lipinski definition) is 1. The fourth-order valence-corrected chi connectivity index (χ4v) is 2.84. The standard InChI is InChI=1S/C16H22N6O2/c1-8(2)7-21-12-13(20(6)16(24)18-14(12)23)17-15(21)22-11(5)9(3)10(4)19-22/h8H,7H2,1-6H3,(H,18,23,24). The molecule has 3 aromatic heterocycles. The minimum Gasteiger partial charge on any atom is -0.302 e. The Hall–Kier alpha value is -2.64. The zero-order chi connectivity index (χ0) is 17.8. The number of nitrogens with one attached hydrogen (secondary N) is 1. The molecule has 0 bridgehead atoms. The van der Waals surface area contributed by atoms with Crippen LogP contribution >= 0.6 is 0 Å². The second kappa shape index (κ2) is 5.47. The summed E-state index contributed by atoms with van der Waals surface area (Å²) >= 11 is 0. The van der Waals surface area contributed by atoms with Gasteiger partial charge in [-0.1, -0.05) is 13.8 Å². The Morgan fingerprint density at radius 3 is 2.38 bits per heavy atom. The van der Waals surface area contributed by atoms with Gasteiger partial charge in [-0.3, -0.25) is 14.3 Å². The summed E-state index contributed by atoms with van der Waals surface area (Å²) < 4.78 is 4.95. The Morgan fingerprint density at radius 2 is 1.83 bits per heavy atom. The lowest BCUT2D eigenvalue weighted by Gasteiger charge is -2.12. The first-order valence-corrected chi connectivity index (χ1v) is 7.95. The van der Waals surface area contributed by atoms with Crippen LogP contribution in [0.4, 0.5) is 0 Å². The van der Waals surface area contributed by atoms with Crippen molar-refractivity contribution in [3.05, 3.63) is 37.8 Å². The highest BCUT2D eigenvalue weighted by Gasteiger charge is 2.21. The van der Waals surface area contributed by atoms with Gasteiger partial charge in [-0.15, -0.1) is 0 Å². The van der Waals surface area contributed by atoms with Crippen LogP contribution in [0.2, 0.25) is 0 Å². The molecule has 0 radical (unpaired) electrons. The van der Waals surface area contributed by atoms with Gasteiger partial charge in [0, 0.05) is 19.3 Å². The molecule has 0 aromatic carbocycles. The second-order valence-corrected chi connectivity index (χ2v) is 6.61. The van der Waals surface area contributed by atoms with Crippen molar-refractivity contribution in [1.82, 2.24) is 28.9 Å². The Bertz CT molecular complexity index is 1050. The van der Waals surface area contributed by atoms with Crippen molar-refractivity contribution in [1.29, 1.82) is 0 Å². The summed E-state index contributed by atoms with van der Waals surface area (Å²) in [5, 5.41) is 4.56. The van der Waals surface area contributed by atoms with Gasteiger partial charge in [0.2, 0.25) is 5.95 Å². The van der Waals surface area contributed by atoms with E-state index >= 15 is 0 Å². The maximum atomic E-state index is 12.4. The summed E-state index contributed by atoms with van der Waals surface area (Å²) in [7, 11) is 1.60. The number of aryl methyl sites for hydroxylation is 2. The Labute approximate surface area is 138 Å². The number of aromatic nitrogens is 6. The Balaban J connectivity index is 2.45. The third kappa shape index (κ3) is 2.29. The number of rotatable bonds is 3. The van der Waals surface area contributed by atoms with E-state index in [9.17, 15) is 9.59 Å².